The molecule has 1 saturated carbocycles. The van der Waals surface area contributed by atoms with E-state index in [0.29, 0.717) is 18.5 Å². The topological polar surface area (TPSA) is 91.9 Å². The van der Waals surface area contributed by atoms with Gasteiger partial charge in [0.2, 0.25) is 15.8 Å². The highest BCUT2D eigenvalue weighted by atomic mass is 35.5. The molecule has 0 unspecified atom stereocenters. The zero-order chi connectivity index (χ0) is 21.5. The highest BCUT2D eigenvalue weighted by Gasteiger charge is 2.30. The molecule has 1 aliphatic rings. The highest BCUT2D eigenvalue weighted by Crippen LogP contribution is 2.31. The van der Waals surface area contributed by atoms with E-state index in [2.05, 4.69) is 14.7 Å². The Morgan fingerprint density at radius 2 is 1.90 bits per heavy atom. The van der Waals surface area contributed by atoms with Gasteiger partial charge in [0.15, 0.2) is 5.82 Å². The first-order valence-electron chi connectivity index (χ1n) is 9.45. The van der Waals surface area contributed by atoms with Crippen LogP contribution in [-0.2, 0) is 10.0 Å². The largest absolute Gasteiger partial charge is 0.345 e. The van der Waals surface area contributed by atoms with E-state index in [0.717, 1.165) is 31.4 Å². The Balaban J connectivity index is 1.73. The van der Waals surface area contributed by atoms with Crippen molar-refractivity contribution >= 4 is 44.1 Å². The number of ketones is 1. The van der Waals surface area contributed by atoms with Crippen LogP contribution >= 0.6 is 11.6 Å². The highest BCUT2D eigenvalue weighted by molar-refractivity contribution is 7.93. The Hall–Kier alpha value is -2.52. The number of nitrogens with one attached hydrogen (secondary N) is 2. The summed E-state index contributed by atoms with van der Waals surface area (Å²) in [7, 11) is -3.87. The molecule has 10 heteroatoms. The standard InChI is InChI=1S/C20H18ClF2N3O3S/c21-13-8-9-24-20-16(13)12(10-25-20)19(27)17-14(22)6-7-15(18(17)23)26-30(28,29)11-4-2-1-3-5-11/h6-11,26H,1-5H2,(H,24,25). The molecule has 3 aromatic rings. The normalized spacial score (nSPS) is 15.4. The van der Waals surface area contributed by atoms with Crippen molar-refractivity contribution in [1.29, 1.82) is 0 Å². The Labute approximate surface area is 176 Å². The molecule has 0 bridgehead atoms. The second-order valence-electron chi connectivity index (χ2n) is 7.24. The SMILES string of the molecule is O=C(c1c(F)ccc(NS(=O)(=O)C2CCCCC2)c1F)c1c[nH]c2nccc(Cl)c12. The number of hydrogen-bond donors (Lipinski definition) is 2. The number of hydrogen-bond acceptors (Lipinski definition) is 4. The lowest BCUT2D eigenvalue weighted by molar-refractivity contribution is 0.103. The third kappa shape index (κ3) is 3.67. The molecule has 1 aliphatic carbocycles. The molecule has 2 heterocycles. The van der Waals surface area contributed by atoms with Gasteiger partial charge in [-0.3, -0.25) is 9.52 Å². The van der Waals surface area contributed by atoms with Gasteiger partial charge in [-0.1, -0.05) is 30.9 Å². The fraction of sp³-hybridized carbons (Fsp3) is 0.300. The summed E-state index contributed by atoms with van der Waals surface area (Å²) in [4.78, 5) is 19.7. The minimum atomic E-state index is -3.87. The van der Waals surface area contributed by atoms with Crippen molar-refractivity contribution in [1.82, 2.24) is 9.97 Å². The van der Waals surface area contributed by atoms with E-state index in [-0.39, 0.29) is 16.0 Å². The van der Waals surface area contributed by atoms with E-state index < -0.39 is 43.9 Å². The van der Waals surface area contributed by atoms with Gasteiger partial charge in [0, 0.05) is 17.8 Å². The number of rotatable bonds is 5. The number of halogens is 3. The first-order valence-corrected chi connectivity index (χ1v) is 11.4. The summed E-state index contributed by atoms with van der Waals surface area (Å²) in [6, 6.07) is 3.30. The number of sulfonamides is 1. The maximum Gasteiger partial charge on any atom is 0.235 e. The van der Waals surface area contributed by atoms with Crippen LogP contribution < -0.4 is 4.72 Å². The number of fused-ring (bicyclic) bond motifs is 1. The van der Waals surface area contributed by atoms with Gasteiger partial charge in [-0.15, -0.1) is 0 Å². The van der Waals surface area contributed by atoms with Gasteiger partial charge >= 0.3 is 0 Å². The van der Waals surface area contributed by atoms with Crippen LogP contribution in [0, 0.1) is 11.6 Å². The third-order valence-electron chi connectivity index (χ3n) is 5.33. The number of H-pyrrole nitrogens is 1. The van der Waals surface area contributed by atoms with Crippen molar-refractivity contribution in [2.45, 2.75) is 37.4 Å². The molecular formula is C20H18ClF2N3O3S. The maximum atomic E-state index is 15.1. The van der Waals surface area contributed by atoms with Gasteiger partial charge < -0.3 is 4.98 Å². The Morgan fingerprint density at radius 3 is 2.63 bits per heavy atom. The number of aromatic amines is 1. The summed E-state index contributed by atoms with van der Waals surface area (Å²) in [5.74, 6) is -3.34. The monoisotopic (exact) mass is 453 g/mol. The molecule has 0 amide bonds. The molecule has 30 heavy (non-hydrogen) atoms. The Bertz CT molecular complexity index is 1240. The van der Waals surface area contributed by atoms with E-state index in [1.807, 2.05) is 0 Å². The molecule has 0 aliphatic heterocycles. The summed E-state index contributed by atoms with van der Waals surface area (Å²) < 4.78 is 57.1. The zero-order valence-corrected chi connectivity index (χ0v) is 17.3. The van der Waals surface area contributed by atoms with Crippen molar-refractivity contribution in [2.24, 2.45) is 0 Å². The van der Waals surface area contributed by atoms with Crippen LogP contribution in [0.5, 0.6) is 0 Å². The first-order chi connectivity index (χ1) is 14.3. The van der Waals surface area contributed by atoms with Crippen LogP contribution in [0.3, 0.4) is 0 Å². The molecule has 0 saturated heterocycles. The minimum Gasteiger partial charge on any atom is -0.345 e. The van der Waals surface area contributed by atoms with Crippen LogP contribution in [0.4, 0.5) is 14.5 Å². The van der Waals surface area contributed by atoms with Crippen molar-refractivity contribution in [2.75, 3.05) is 4.72 Å². The zero-order valence-electron chi connectivity index (χ0n) is 15.7. The Morgan fingerprint density at radius 1 is 1.17 bits per heavy atom. The van der Waals surface area contributed by atoms with Crippen molar-refractivity contribution in [3.8, 4) is 0 Å². The summed E-state index contributed by atoms with van der Waals surface area (Å²) in [5.41, 5.74) is -1.09. The van der Waals surface area contributed by atoms with Gasteiger partial charge in [0.25, 0.3) is 0 Å². The average molecular weight is 454 g/mol. The molecule has 1 fully saturated rings. The average Bonchev–Trinajstić information content (AvgIpc) is 3.16. The number of benzene rings is 1. The van der Waals surface area contributed by atoms with E-state index >= 15 is 4.39 Å². The molecule has 2 N–H and O–H groups in total. The Kier molecular flexibility index (Phi) is 5.50. The number of carbonyl (C=O) groups excluding carboxylic acids is 1. The number of nitrogens with zero attached hydrogens (tertiary/aromatic N) is 1. The van der Waals surface area contributed by atoms with Crippen LogP contribution in [0.1, 0.15) is 48.0 Å². The van der Waals surface area contributed by atoms with Gasteiger partial charge in [0.1, 0.15) is 11.5 Å². The van der Waals surface area contributed by atoms with E-state index in [1.54, 1.807) is 0 Å². The molecule has 0 spiro atoms. The van der Waals surface area contributed by atoms with Crippen LogP contribution in [0.15, 0.2) is 30.6 Å². The van der Waals surface area contributed by atoms with Gasteiger partial charge in [-0.25, -0.2) is 22.2 Å². The molecule has 1 aromatic carbocycles. The second-order valence-corrected chi connectivity index (χ2v) is 9.61. The molecule has 6 nitrogen and oxygen atoms in total. The lowest BCUT2D eigenvalue weighted by Gasteiger charge is -2.22. The van der Waals surface area contributed by atoms with E-state index in [1.165, 1.54) is 18.5 Å². The molecule has 0 atom stereocenters. The quantitative estimate of drug-likeness (QED) is 0.543. The van der Waals surface area contributed by atoms with Gasteiger partial charge in [-0.05, 0) is 31.0 Å². The van der Waals surface area contributed by atoms with Crippen LogP contribution in [0.2, 0.25) is 5.02 Å². The van der Waals surface area contributed by atoms with E-state index in [9.17, 15) is 17.6 Å². The smallest absolute Gasteiger partial charge is 0.235 e. The first kappa shape index (κ1) is 20.7. The number of pyridine rings is 1. The predicted molar refractivity (Wildman–Crippen MR) is 110 cm³/mol. The lowest BCUT2D eigenvalue weighted by atomic mass is 10.0. The number of aromatic nitrogens is 2. The lowest BCUT2D eigenvalue weighted by Crippen LogP contribution is -2.30. The predicted octanol–water partition coefficient (Wildman–Crippen LogP) is 4.80. The maximum absolute atomic E-state index is 15.1. The third-order valence-corrected chi connectivity index (χ3v) is 7.50. The van der Waals surface area contributed by atoms with Gasteiger partial charge in [-0.2, -0.15) is 0 Å². The van der Waals surface area contributed by atoms with Gasteiger partial charge in [0.05, 0.1) is 27.1 Å². The van der Waals surface area contributed by atoms with Crippen molar-refractivity contribution in [3.05, 3.63) is 58.4 Å². The number of anilines is 1. The van der Waals surface area contributed by atoms with E-state index in [4.69, 9.17) is 11.6 Å². The minimum absolute atomic E-state index is 0.0619. The summed E-state index contributed by atoms with van der Waals surface area (Å²) >= 11 is 6.13. The molecule has 0 radical (unpaired) electrons. The molecule has 158 valence electrons. The fourth-order valence-electron chi connectivity index (χ4n) is 3.78. The van der Waals surface area contributed by atoms with Crippen LogP contribution in [0.25, 0.3) is 11.0 Å². The second kappa shape index (κ2) is 7.96. The van der Waals surface area contributed by atoms with Crippen molar-refractivity contribution in [3.63, 3.8) is 0 Å². The van der Waals surface area contributed by atoms with Crippen LogP contribution in [-0.4, -0.2) is 29.4 Å². The number of carbonyl (C=O) groups is 1. The fourth-order valence-corrected chi connectivity index (χ4v) is 5.61. The summed E-state index contributed by atoms with van der Waals surface area (Å²) in [6.45, 7) is 0. The summed E-state index contributed by atoms with van der Waals surface area (Å²) in [5, 5.41) is -0.218. The summed E-state index contributed by atoms with van der Waals surface area (Å²) in [6.07, 6.45) is 6.15. The molecule has 2 aromatic heterocycles. The molecular weight excluding hydrogens is 436 g/mol. The van der Waals surface area contributed by atoms with Crippen molar-refractivity contribution < 1.29 is 22.0 Å². The molecule has 4 rings (SSSR count).